The predicted octanol–water partition coefficient (Wildman–Crippen LogP) is 3.54. The minimum absolute atomic E-state index is 0.0238. The number of aryl methyl sites for hydroxylation is 1. The molecule has 0 unspecified atom stereocenters. The van der Waals surface area contributed by atoms with Crippen molar-refractivity contribution in [2.75, 3.05) is 11.4 Å². The lowest BCUT2D eigenvalue weighted by atomic mass is 10.2. The van der Waals surface area contributed by atoms with E-state index in [0.29, 0.717) is 11.4 Å². The normalized spacial score (nSPS) is 14.0. The second kappa shape index (κ2) is 7.83. The van der Waals surface area contributed by atoms with Crippen molar-refractivity contribution < 1.29 is 19.1 Å². The van der Waals surface area contributed by atoms with Gasteiger partial charge in [0.15, 0.2) is 11.9 Å². The van der Waals surface area contributed by atoms with Crippen LogP contribution in [-0.2, 0) is 20.7 Å². The maximum atomic E-state index is 12.6. The summed E-state index contributed by atoms with van der Waals surface area (Å²) >= 11 is 1.41. The molecule has 3 rings (SSSR count). The van der Waals surface area contributed by atoms with Gasteiger partial charge in [0.1, 0.15) is 0 Å². The number of anilines is 1. The third-order valence-electron chi connectivity index (χ3n) is 4.38. The fourth-order valence-electron chi connectivity index (χ4n) is 3.02. The van der Waals surface area contributed by atoms with Crippen LogP contribution < -0.4 is 4.90 Å². The van der Waals surface area contributed by atoms with Crippen LogP contribution in [0.3, 0.4) is 0 Å². The van der Waals surface area contributed by atoms with Crippen molar-refractivity contribution in [1.29, 1.82) is 0 Å². The van der Waals surface area contributed by atoms with Gasteiger partial charge in [-0.1, -0.05) is 18.2 Å². The number of rotatable bonds is 6. The number of carbonyl (C=O) groups excluding carboxylic acids is 3. The number of ketones is 1. The molecule has 1 atom stereocenters. The molecule has 0 radical (unpaired) electrons. The fourth-order valence-corrected chi connectivity index (χ4v) is 3.85. The Morgan fingerprint density at radius 3 is 2.65 bits per heavy atom. The van der Waals surface area contributed by atoms with Crippen molar-refractivity contribution >= 4 is 34.7 Å². The van der Waals surface area contributed by atoms with Gasteiger partial charge in [-0.2, -0.15) is 0 Å². The molecule has 0 saturated carbocycles. The van der Waals surface area contributed by atoms with E-state index < -0.39 is 12.1 Å². The van der Waals surface area contributed by atoms with Gasteiger partial charge in [-0.3, -0.25) is 14.4 Å². The van der Waals surface area contributed by atoms with Gasteiger partial charge in [0.25, 0.3) is 5.91 Å². The lowest BCUT2D eigenvalue weighted by Gasteiger charge is -2.21. The Morgan fingerprint density at radius 2 is 1.92 bits per heavy atom. The van der Waals surface area contributed by atoms with Crippen LogP contribution in [0.25, 0.3) is 0 Å². The number of benzene rings is 1. The summed E-state index contributed by atoms with van der Waals surface area (Å²) in [5.74, 6) is -0.837. The average molecular weight is 371 g/mol. The summed E-state index contributed by atoms with van der Waals surface area (Å²) in [6.07, 6.45) is 0.000763. The van der Waals surface area contributed by atoms with Crippen LogP contribution in [0.4, 0.5) is 5.69 Å². The minimum Gasteiger partial charge on any atom is -0.453 e. The Balaban J connectivity index is 1.51. The highest BCUT2D eigenvalue weighted by Gasteiger charge is 2.29. The third-order valence-corrected chi connectivity index (χ3v) is 5.42. The number of hydrogen-bond acceptors (Lipinski definition) is 5. The average Bonchev–Trinajstić information content (AvgIpc) is 3.25. The third kappa shape index (κ3) is 4.02. The fraction of sp³-hybridized carbons (Fsp3) is 0.350. The van der Waals surface area contributed by atoms with Crippen molar-refractivity contribution in [2.45, 2.75) is 39.2 Å². The van der Waals surface area contributed by atoms with Crippen molar-refractivity contribution in [3.63, 3.8) is 0 Å². The molecular formula is C20H21NO4S. The molecule has 1 aromatic carbocycles. The highest BCUT2D eigenvalue weighted by atomic mass is 32.1. The Bertz CT molecular complexity index is 842. The molecule has 0 bridgehead atoms. The Morgan fingerprint density at radius 1 is 1.15 bits per heavy atom. The van der Waals surface area contributed by atoms with Gasteiger partial charge in [0.2, 0.25) is 0 Å². The zero-order valence-corrected chi connectivity index (χ0v) is 15.7. The number of amides is 1. The van der Waals surface area contributed by atoms with E-state index in [9.17, 15) is 14.4 Å². The molecule has 1 amide bonds. The van der Waals surface area contributed by atoms with E-state index in [1.807, 2.05) is 37.3 Å². The van der Waals surface area contributed by atoms with Gasteiger partial charge in [-0.25, -0.2) is 0 Å². The summed E-state index contributed by atoms with van der Waals surface area (Å²) in [7, 11) is 0. The first kappa shape index (κ1) is 18.3. The summed E-state index contributed by atoms with van der Waals surface area (Å²) in [4.78, 5) is 40.0. The van der Waals surface area contributed by atoms with Crippen molar-refractivity contribution in [2.24, 2.45) is 0 Å². The summed E-state index contributed by atoms with van der Waals surface area (Å²) in [5.41, 5.74) is 2.00. The predicted molar refractivity (Wildman–Crippen MR) is 101 cm³/mol. The van der Waals surface area contributed by atoms with Gasteiger partial charge >= 0.3 is 5.97 Å². The van der Waals surface area contributed by atoms with Crippen LogP contribution in [0.15, 0.2) is 36.4 Å². The van der Waals surface area contributed by atoms with Crippen LogP contribution in [0, 0.1) is 6.92 Å². The molecule has 0 N–H and O–H groups in total. The number of ether oxygens (including phenoxy) is 1. The van der Waals surface area contributed by atoms with Crippen LogP contribution in [-0.4, -0.2) is 30.3 Å². The molecule has 1 aliphatic heterocycles. The van der Waals surface area contributed by atoms with Crippen molar-refractivity contribution in [3.05, 3.63) is 51.7 Å². The van der Waals surface area contributed by atoms with Gasteiger partial charge in [-0.05, 0) is 44.0 Å². The van der Waals surface area contributed by atoms with Crippen LogP contribution >= 0.6 is 11.3 Å². The first-order chi connectivity index (χ1) is 12.5. The lowest BCUT2D eigenvalue weighted by Crippen LogP contribution is -2.39. The molecule has 1 aromatic heterocycles. The molecule has 0 fully saturated rings. The molecule has 26 heavy (non-hydrogen) atoms. The largest absolute Gasteiger partial charge is 0.453 e. The van der Waals surface area contributed by atoms with Crippen LogP contribution in [0.5, 0.6) is 0 Å². The van der Waals surface area contributed by atoms with Crippen molar-refractivity contribution in [3.8, 4) is 0 Å². The van der Waals surface area contributed by atoms with Crippen LogP contribution in [0.2, 0.25) is 0 Å². The zero-order valence-electron chi connectivity index (χ0n) is 14.9. The lowest BCUT2D eigenvalue weighted by molar-refractivity contribution is -0.153. The minimum atomic E-state index is -0.868. The summed E-state index contributed by atoms with van der Waals surface area (Å²) < 4.78 is 5.25. The molecule has 136 valence electrons. The number of esters is 1. The summed E-state index contributed by atoms with van der Waals surface area (Å²) in [5, 5.41) is 0. The standard InChI is InChI=1S/C20H21NO4S/c1-13-7-9-18(26-13)17(22)8-10-19(23)25-14(2)20(24)21-12-11-15-5-3-4-6-16(15)21/h3-7,9,14H,8,10-12H2,1-2H3/t14-/m1/s1. The number of thiophene rings is 1. The first-order valence-corrected chi connectivity index (χ1v) is 9.46. The smallest absolute Gasteiger partial charge is 0.307 e. The Kier molecular flexibility index (Phi) is 5.52. The zero-order chi connectivity index (χ0) is 18.7. The van der Waals surface area contributed by atoms with Gasteiger partial charge in [0, 0.05) is 23.5 Å². The number of para-hydroxylation sites is 1. The number of hydrogen-bond donors (Lipinski definition) is 0. The van der Waals surface area contributed by atoms with Gasteiger partial charge in [0.05, 0.1) is 11.3 Å². The SMILES string of the molecule is Cc1ccc(C(=O)CCC(=O)O[C@H](C)C(=O)N2CCc3ccccc32)s1. The highest BCUT2D eigenvalue weighted by Crippen LogP contribution is 2.28. The van der Waals surface area contributed by atoms with E-state index in [1.54, 1.807) is 17.9 Å². The monoisotopic (exact) mass is 371 g/mol. The van der Waals surface area contributed by atoms with E-state index in [-0.39, 0.29) is 24.5 Å². The maximum Gasteiger partial charge on any atom is 0.307 e. The summed E-state index contributed by atoms with van der Waals surface area (Å²) in [6, 6.07) is 11.4. The topological polar surface area (TPSA) is 63.7 Å². The van der Waals surface area contributed by atoms with E-state index in [1.165, 1.54) is 11.3 Å². The van der Waals surface area contributed by atoms with Crippen molar-refractivity contribution in [1.82, 2.24) is 0 Å². The molecule has 0 saturated heterocycles. The van der Waals surface area contributed by atoms with E-state index in [4.69, 9.17) is 4.74 Å². The molecule has 6 heteroatoms. The molecule has 2 heterocycles. The first-order valence-electron chi connectivity index (χ1n) is 8.64. The second-order valence-electron chi connectivity index (χ2n) is 6.33. The number of carbonyl (C=O) groups is 3. The molecule has 2 aromatic rings. The van der Waals surface area contributed by atoms with Crippen LogP contribution in [0.1, 0.15) is 39.9 Å². The van der Waals surface area contributed by atoms with E-state index >= 15 is 0 Å². The molecule has 0 aliphatic carbocycles. The number of nitrogens with zero attached hydrogens (tertiary/aromatic N) is 1. The number of Topliss-reactive ketones (excluding diaryl/α,β-unsaturated/α-hetero) is 1. The Hall–Kier alpha value is -2.47. The number of fused-ring (bicyclic) bond motifs is 1. The molecule has 5 nitrogen and oxygen atoms in total. The molecule has 1 aliphatic rings. The highest BCUT2D eigenvalue weighted by molar-refractivity contribution is 7.14. The quantitative estimate of drug-likeness (QED) is 0.575. The van der Waals surface area contributed by atoms with E-state index in [2.05, 4.69) is 0 Å². The second-order valence-corrected chi connectivity index (χ2v) is 7.62. The summed E-state index contributed by atoms with van der Waals surface area (Å²) in [6.45, 7) is 4.10. The van der Waals surface area contributed by atoms with Gasteiger partial charge in [-0.15, -0.1) is 11.3 Å². The van der Waals surface area contributed by atoms with Gasteiger partial charge < -0.3 is 9.64 Å². The van der Waals surface area contributed by atoms with E-state index in [0.717, 1.165) is 22.5 Å². The molecular weight excluding hydrogens is 350 g/mol. The Labute approximate surface area is 156 Å². The maximum absolute atomic E-state index is 12.6. The molecule has 0 spiro atoms.